The van der Waals surface area contributed by atoms with Crippen molar-refractivity contribution < 1.29 is 24.2 Å². The highest BCUT2D eigenvalue weighted by Gasteiger charge is 2.48. The Bertz CT molecular complexity index is 1480. The molecule has 1 N–H and O–H groups in total. The molecule has 0 radical (unpaired) electrons. The van der Waals surface area contributed by atoms with Crippen LogP contribution in [0.4, 0.5) is 5.13 Å². The summed E-state index contributed by atoms with van der Waals surface area (Å²) in [6.45, 7) is 4.84. The van der Waals surface area contributed by atoms with Gasteiger partial charge in [0.25, 0.3) is 5.78 Å². The molecule has 3 aromatic carbocycles. The van der Waals surface area contributed by atoms with Crippen molar-refractivity contribution in [2.75, 3.05) is 11.5 Å². The van der Waals surface area contributed by atoms with Crippen LogP contribution in [0.2, 0.25) is 0 Å². The van der Waals surface area contributed by atoms with E-state index in [4.69, 9.17) is 9.47 Å². The number of carbonyl (C=O) groups excluding carboxylic acids is 2. The third-order valence-electron chi connectivity index (χ3n) is 6.19. The minimum atomic E-state index is -0.839. The number of ketones is 1. The lowest BCUT2D eigenvalue weighted by molar-refractivity contribution is -0.132. The van der Waals surface area contributed by atoms with E-state index < -0.39 is 17.7 Å². The van der Waals surface area contributed by atoms with Gasteiger partial charge in [-0.2, -0.15) is 0 Å². The van der Waals surface area contributed by atoms with Gasteiger partial charge in [0.15, 0.2) is 5.13 Å². The van der Waals surface area contributed by atoms with Gasteiger partial charge in [0.05, 0.1) is 18.2 Å². The average Bonchev–Trinajstić information content (AvgIpc) is 3.55. The molecule has 0 aliphatic carbocycles. The maximum absolute atomic E-state index is 13.3. The fraction of sp³-hybridized carbons (Fsp3) is 0.167. The number of thiazole rings is 1. The number of carbonyl (C=O) groups is 2. The molecule has 0 saturated carbocycles. The number of aliphatic hydroxyl groups excluding tert-OH is 1. The standard InChI is InChI=1S/C30H26N2O5S/c1-3-36-23-11-7-21(8-12-23)26-25(28(34)29(35)32(26)30-31-15-16-38-30)27(33)22-9-13-24(14-10-22)37-18-20-6-4-5-19(2)17-20/h4-17,26,33H,3,18H2,1-2H3/b27-25+. The fourth-order valence-electron chi connectivity index (χ4n) is 4.43. The first-order valence-corrected chi connectivity index (χ1v) is 13.1. The van der Waals surface area contributed by atoms with Gasteiger partial charge in [0.2, 0.25) is 0 Å². The summed E-state index contributed by atoms with van der Waals surface area (Å²) in [5.41, 5.74) is 3.27. The minimum Gasteiger partial charge on any atom is -0.507 e. The first-order valence-electron chi connectivity index (χ1n) is 12.2. The summed E-state index contributed by atoms with van der Waals surface area (Å²) in [4.78, 5) is 32.0. The fourth-order valence-corrected chi connectivity index (χ4v) is 5.09. The van der Waals surface area contributed by atoms with Crippen LogP contribution in [0.5, 0.6) is 11.5 Å². The van der Waals surface area contributed by atoms with Crippen LogP contribution in [0.1, 0.15) is 35.2 Å². The van der Waals surface area contributed by atoms with Crippen LogP contribution in [0.15, 0.2) is 89.9 Å². The Hall–Kier alpha value is -4.43. The molecule has 2 heterocycles. The van der Waals surface area contributed by atoms with Crippen LogP contribution < -0.4 is 14.4 Å². The molecule has 4 aromatic rings. The Morgan fingerprint density at radius 1 is 1.00 bits per heavy atom. The Labute approximate surface area is 224 Å². The highest BCUT2D eigenvalue weighted by atomic mass is 32.1. The largest absolute Gasteiger partial charge is 0.507 e. The number of amides is 1. The number of benzene rings is 3. The molecule has 38 heavy (non-hydrogen) atoms. The number of rotatable bonds is 8. The van der Waals surface area contributed by atoms with E-state index in [0.29, 0.717) is 41.0 Å². The molecular weight excluding hydrogens is 500 g/mol. The number of nitrogens with zero attached hydrogens (tertiary/aromatic N) is 2. The molecule has 1 amide bonds. The molecule has 0 bridgehead atoms. The van der Waals surface area contributed by atoms with Crippen molar-refractivity contribution in [2.45, 2.75) is 26.5 Å². The molecule has 1 saturated heterocycles. The van der Waals surface area contributed by atoms with E-state index in [2.05, 4.69) is 11.1 Å². The molecule has 1 aliphatic rings. The number of hydrogen-bond donors (Lipinski definition) is 1. The minimum absolute atomic E-state index is 0.00258. The lowest BCUT2D eigenvalue weighted by atomic mass is 9.95. The molecule has 192 valence electrons. The van der Waals surface area contributed by atoms with E-state index in [1.807, 2.05) is 32.0 Å². The zero-order chi connectivity index (χ0) is 26.6. The van der Waals surface area contributed by atoms with E-state index in [-0.39, 0.29) is 11.3 Å². The van der Waals surface area contributed by atoms with Crippen molar-refractivity contribution in [3.8, 4) is 11.5 Å². The third kappa shape index (κ3) is 5.03. The summed E-state index contributed by atoms with van der Waals surface area (Å²) in [7, 11) is 0. The summed E-state index contributed by atoms with van der Waals surface area (Å²) >= 11 is 1.25. The number of hydrogen-bond acceptors (Lipinski definition) is 7. The monoisotopic (exact) mass is 526 g/mol. The predicted molar refractivity (Wildman–Crippen MR) is 146 cm³/mol. The second-order valence-corrected chi connectivity index (χ2v) is 9.66. The summed E-state index contributed by atoms with van der Waals surface area (Å²) in [5, 5.41) is 13.4. The van der Waals surface area contributed by atoms with Gasteiger partial charge in [-0.1, -0.05) is 42.0 Å². The van der Waals surface area contributed by atoms with Crippen molar-refractivity contribution in [1.29, 1.82) is 0 Å². The van der Waals surface area contributed by atoms with Gasteiger partial charge in [-0.25, -0.2) is 4.98 Å². The molecule has 8 heteroatoms. The van der Waals surface area contributed by atoms with Gasteiger partial charge < -0.3 is 14.6 Å². The molecule has 0 spiro atoms. The van der Waals surface area contributed by atoms with E-state index in [1.165, 1.54) is 16.2 Å². The van der Waals surface area contributed by atoms with E-state index in [9.17, 15) is 14.7 Å². The Morgan fingerprint density at radius 3 is 2.37 bits per heavy atom. The van der Waals surface area contributed by atoms with Crippen molar-refractivity contribution >= 4 is 33.9 Å². The highest BCUT2D eigenvalue weighted by Crippen LogP contribution is 2.43. The van der Waals surface area contributed by atoms with Gasteiger partial charge in [-0.05, 0) is 61.4 Å². The number of aliphatic hydroxyl groups is 1. The highest BCUT2D eigenvalue weighted by molar-refractivity contribution is 7.14. The summed E-state index contributed by atoms with van der Waals surface area (Å²) in [6.07, 6.45) is 1.57. The topological polar surface area (TPSA) is 89.0 Å². The Kier molecular flexibility index (Phi) is 7.24. The molecule has 1 aromatic heterocycles. The number of ether oxygens (including phenoxy) is 2. The first-order chi connectivity index (χ1) is 18.5. The lowest BCUT2D eigenvalue weighted by Gasteiger charge is -2.23. The SMILES string of the molecule is CCOc1ccc(C2/C(=C(\O)c3ccc(OCc4cccc(C)c4)cc3)C(=O)C(=O)N2c2nccs2)cc1. The molecule has 7 nitrogen and oxygen atoms in total. The molecule has 1 aliphatic heterocycles. The summed E-state index contributed by atoms with van der Waals surface area (Å²) in [5.74, 6) is -0.473. The summed E-state index contributed by atoms with van der Waals surface area (Å²) in [6, 6.07) is 21.2. The van der Waals surface area contributed by atoms with Crippen LogP contribution in [-0.2, 0) is 16.2 Å². The number of aryl methyl sites for hydroxylation is 1. The van der Waals surface area contributed by atoms with Crippen molar-refractivity contribution in [1.82, 2.24) is 4.98 Å². The van der Waals surface area contributed by atoms with Crippen LogP contribution in [0.3, 0.4) is 0 Å². The van der Waals surface area contributed by atoms with E-state index in [0.717, 1.165) is 11.1 Å². The maximum atomic E-state index is 13.3. The average molecular weight is 527 g/mol. The number of anilines is 1. The van der Waals surface area contributed by atoms with Gasteiger partial charge in [-0.15, -0.1) is 11.3 Å². The maximum Gasteiger partial charge on any atom is 0.301 e. The van der Waals surface area contributed by atoms with Crippen molar-refractivity contribution in [3.63, 3.8) is 0 Å². The van der Waals surface area contributed by atoms with Crippen molar-refractivity contribution in [2.24, 2.45) is 0 Å². The summed E-state index contributed by atoms with van der Waals surface area (Å²) < 4.78 is 11.4. The number of Topliss-reactive ketones (excluding diaryl/α,β-unsaturated/α-hetero) is 1. The van der Waals surface area contributed by atoms with Crippen LogP contribution >= 0.6 is 11.3 Å². The second-order valence-electron chi connectivity index (χ2n) is 8.79. The molecule has 1 atom stereocenters. The van der Waals surface area contributed by atoms with Gasteiger partial charge in [0.1, 0.15) is 23.9 Å². The zero-order valence-corrected chi connectivity index (χ0v) is 21.8. The Morgan fingerprint density at radius 2 is 1.71 bits per heavy atom. The van der Waals surface area contributed by atoms with E-state index in [1.54, 1.807) is 60.1 Å². The van der Waals surface area contributed by atoms with Crippen molar-refractivity contribution in [3.05, 3.63) is 112 Å². The van der Waals surface area contributed by atoms with Gasteiger partial charge in [-0.3, -0.25) is 14.5 Å². The van der Waals surface area contributed by atoms with Gasteiger partial charge >= 0.3 is 5.91 Å². The number of aromatic nitrogens is 1. The normalized spacial score (nSPS) is 16.6. The van der Waals surface area contributed by atoms with Crippen LogP contribution in [-0.4, -0.2) is 28.4 Å². The lowest BCUT2D eigenvalue weighted by Crippen LogP contribution is -2.29. The smallest absolute Gasteiger partial charge is 0.301 e. The third-order valence-corrected chi connectivity index (χ3v) is 6.96. The van der Waals surface area contributed by atoms with Crippen LogP contribution in [0, 0.1) is 6.92 Å². The molecular formula is C30H26N2O5S. The molecule has 1 fully saturated rings. The molecule has 5 rings (SSSR count). The quantitative estimate of drug-likeness (QED) is 0.171. The Balaban J connectivity index is 1.48. The zero-order valence-electron chi connectivity index (χ0n) is 21.0. The molecule has 1 unspecified atom stereocenters. The second kappa shape index (κ2) is 10.9. The van der Waals surface area contributed by atoms with E-state index >= 15 is 0 Å². The first kappa shape index (κ1) is 25.2. The predicted octanol–water partition coefficient (Wildman–Crippen LogP) is 6.06. The van der Waals surface area contributed by atoms with Gasteiger partial charge in [0, 0.05) is 17.1 Å². The van der Waals surface area contributed by atoms with Crippen LogP contribution in [0.25, 0.3) is 5.76 Å².